The molecule has 0 aliphatic carbocycles. The minimum absolute atomic E-state index is 0.0645. The zero-order valence-corrected chi connectivity index (χ0v) is 17.5. The molecule has 2 heterocycles. The lowest BCUT2D eigenvalue weighted by Gasteiger charge is -2.22. The zero-order valence-electron chi connectivity index (χ0n) is 15.8. The highest BCUT2D eigenvalue weighted by Crippen LogP contribution is 2.39. The van der Waals surface area contributed by atoms with Crippen LogP contribution in [0.4, 0.5) is 5.69 Å². The molecule has 0 atom stereocenters. The Morgan fingerprint density at radius 3 is 2.62 bits per heavy atom. The number of amides is 1. The molecule has 8 nitrogen and oxygen atoms in total. The highest BCUT2D eigenvalue weighted by Gasteiger charge is 2.31. The summed E-state index contributed by atoms with van der Waals surface area (Å²) in [4.78, 5) is 15.2. The van der Waals surface area contributed by atoms with Gasteiger partial charge in [0.2, 0.25) is 5.91 Å². The van der Waals surface area contributed by atoms with Gasteiger partial charge in [0.1, 0.15) is 18.1 Å². The predicted octanol–water partition coefficient (Wildman–Crippen LogP) is 2.20. The first-order chi connectivity index (χ1) is 13.9. The third kappa shape index (κ3) is 3.77. The molecule has 0 fully saturated rings. The Balaban J connectivity index is 1.52. The highest BCUT2D eigenvalue weighted by atomic mass is 32.2. The van der Waals surface area contributed by atoms with E-state index >= 15 is 0 Å². The van der Waals surface area contributed by atoms with Gasteiger partial charge in [0.15, 0.2) is 17.3 Å². The Labute approximate surface area is 173 Å². The number of carbonyl (C=O) groups excluding carboxylic acids is 1. The Morgan fingerprint density at radius 2 is 1.90 bits per heavy atom. The molecule has 152 valence electrons. The smallest absolute Gasteiger partial charge is 0.285 e. The molecular weight excluding hydrogens is 414 g/mol. The SMILES string of the molecule is CSc1cc2c(cc1NC(=O)CN(C)C1=NS(=O)(=O)c3ccccc31)OCCO2. The van der Waals surface area contributed by atoms with Crippen LogP contribution in [0.2, 0.25) is 0 Å². The maximum atomic E-state index is 12.7. The lowest BCUT2D eigenvalue weighted by atomic mass is 10.2. The number of carbonyl (C=O) groups is 1. The molecule has 0 bridgehead atoms. The molecule has 1 N–H and O–H groups in total. The summed E-state index contributed by atoms with van der Waals surface area (Å²) in [5.41, 5.74) is 1.11. The second-order valence-corrected chi connectivity index (χ2v) is 8.91. The van der Waals surface area contributed by atoms with Crippen LogP contribution in [0.5, 0.6) is 11.5 Å². The summed E-state index contributed by atoms with van der Waals surface area (Å²) >= 11 is 1.48. The Morgan fingerprint density at radius 1 is 1.21 bits per heavy atom. The van der Waals surface area contributed by atoms with E-state index < -0.39 is 10.0 Å². The molecule has 0 spiro atoms. The van der Waals surface area contributed by atoms with Crippen molar-refractivity contribution in [3.8, 4) is 11.5 Å². The Hall–Kier alpha value is -2.72. The second-order valence-electron chi connectivity index (χ2n) is 6.49. The third-order valence-corrected chi connectivity index (χ3v) is 6.60. The molecule has 0 unspecified atom stereocenters. The van der Waals surface area contributed by atoms with Crippen LogP contribution in [0.3, 0.4) is 0 Å². The molecule has 2 aromatic rings. The Kier molecular flexibility index (Phi) is 5.13. The third-order valence-electron chi connectivity index (χ3n) is 4.49. The number of rotatable bonds is 4. The summed E-state index contributed by atoms with van der Waals surface area (Å²) in [6.45, 7) is 0.879. The molecule has 1 amide bonds. The molecule has 2 aliphatic rings. The molecule has 0 aromatic heterocycles. The minimum atomic E-state index is -3.73. The van der Waals surface area contributed by atoms with Crippen molar-refractivity contribution in [2.75, 3.05) is 38.4 Å². The number of hydrogen-bond donors (Lipinski definition) is 1. The summed E-state index contributed by atoms with van der Waals surface area (Å²) in [5, 5.41) is 2.87. The monoisotopic (exact) mass is 433 g/mol. The van der Waals surface area contributed by atoms with Crippen LogP contribution in [0, 0.1) is 0 Å². The van der Waals surface area contributed by atoms with Crippen molar-refractivity contribution in [1.82, 2.24) is 4.90 Å². The number of ether oxygens (including phenoxy) is 2. The Bertz CT molecular complexity index is 1110. The number of sulfonamides is 1. The second kappa shape index (κ2) is 7.60. The van der Waals surface area contributed by atoms with E-state index in [1.54, 1.807) is 31.3 Å². The fraction of sp³-hybridized carbons (Fsp3) is 0.263. The van der Waals surface area contributed by atoms with Gasteiger partial charge < -0.3 is 19.7 Å². The normalized spacial score (nSPS) is 16.0. The van der Waals surface area contributed by atoms with Crippen LogP contribution in [0.15, 0.2) is 50.6 Å². The van der Waals surface area contributed by atoms with Gasteiger partial charge in [-0.15, -0.1) is 16.2 Å². The number of likely N-dealkylation sites (N-methyl/N-ethyl adjacent to an activating group) is 1. The van der Waals surface area contributed by atoms with Crippen molar-refractivity contribution in [3.05, 3.63) is 42.0 Å². The van der Waals surface area contributed by atoms with Gasteiger partial charge >= 0.3 is 0 Å². The number of nitrogens with one attached hydrogen (secondary N) is 1. The lowest BCUT2D eigenvalue weighted by Crippen LogP contribution is -2.35. The van der Waals surface area contributed by atoms with E-state index in [0.717, 1.165) is 4.90 Å². The van der Waals surface area contributed by atoms with Gasteiger partial charge in [0, 0.05) is 23.6 Å². The van der Waals surface area contributed by atoms with E-state index in [-0.39, 0.29) is 23.2 Å². The van der Waals surface area contributed by atoms with Gasteiger partial charge in [0.25, 0.3) is 10.0 Å². The van der Waals surface area contributed by atoms with E-state index in [1.165, 1.54) is 22.7 Å². The number of nitrogens with zero attached hydrogens (tertiary/aromatic N) is 2. The molecule has 10 heteroatoms. The number of hydrogen-bond acceptors (Lipinski definition) is 7. The van der Waals surface area contributed by atoms with Crippen molar-refractivity contribution in [1.29, 1.82) is 0 Å². The number of anilines is 1. The number of benzene rings is 2. The van der Waals surface area contributed by atoms with Crippen molar-refractivity contribution >= 4 is 39.2 Å². The van der Waals surface area contributed by atoms with Crippen molar-refractivity contribution < 1.29 is 22.7 Å². The van der Waals surface area contributed by atoms with E-state index in [0.29, 0.717) is 36.0 Å². The average Bonchev–Trinajstić information content (AvgIpc) is 2.99. The van der Waals surface area contributed by atoms with E-state index in [4.69, 9.17) is 9.47 Å². The summed E-state index contributed by atoms with van der Waals surface area (Å²) < 4.78 is 39.4. The van der Waals surface area contributed by atoms with Crippen LogP contribution in [-0.2, 0) is 14.8 Å². The fourth-order valence-electron chi connectivity index (χ4n) is 3.18. The van der Waals surface area contributed by atoms with Gasteiger partial charge in [-0.2, -0.15) is 8.42 Å². The summed E-state index contributed by atoms with van der Waals surface area (Å²) in [6.07, 6.45) is 1.91. The standard InChI is InChI=1S/C19H19N3O5S2/c1-22(19-12-5-3-4-6-17(12)29(24,25)21-19)11-18(23)20-13-9-14-15(10-16(13)28-2)27-8-7-26-14/h3-6,9-10H,7-8,11H2,1-2H3,(H,20,23). The molecule has 2 aromatic carbocycles. The zero-order chi connectivity index (χ0) is 20.6. The molecule has 0 radical (unpaired) electrons. The molecule has 0 saturated heterocycles. The van der Waals surface area contributed by atoms with Crippen LogP contribution in [0.1, 0.15) is 5.56 Å². The van der Waals surface area contributed by atoms with Gasteiger partial charge in [-0.05, 0) is 24.5 Å². The van der Waals surface area contributed by atoms with Crippen LogP contribution >= 0.6 is 11.8 Å². The molecule has 2 aliphatic heterocycles. The molecule has 0 saturated carbocycles. The number of fused-ring (bicyclic) bond motifs is 2. The van der Waals surface area contributed by atoms with Crippen molar-refractivity contribution in [3.63, 3.8) is 0 Å². The fourth-order valence-corrected chi connectivity index (χ4v) is 4.99. The van der Waals surface area contributed by atoms with Crippen LogP contribution in [0.25, 0.3) is 0 Å². The molecular formula is C19H19N3O5S2. The predicted molar refractivity (Wildman–Crippen MR) is 111 cm³/mol. The number of amidine groups is 1. The number of thioether (sulfide) groups is 1. The maximum absolute atomic E-state index is 12.7. The van der Waals surface area contributed by atoms with Gasteiger partial charge in [-0.1, -0.05) is 12.1 Å². The van der Waals surface area contributed by atoms with Crippen LogP contribution < -0.4 is 14.8 Å². The maximum Gasteiger partial charge on any atom is 0.285 e. The van der Waals surface area contributed by atoms with Gasteiger partial charge in [0.05, 0.1) is 12.2 Å². The van der Waals surface area contributed by atoms with E-state index in [1.807, 2.05) is 12.3 Å². The van der Waals surface area contributed by atoms with E-state index in [9.17, 15) is 13.2 Å². The summed E-state index contributed by atoms with van der Waals surface area (Å²) in [6, 6.07) is 10.2. The van der Waals surface area contributed by atoms with Crippen LogP contribution in [-0.4, -0.2) is 58.1 Å². The van der Waals surface area contributed by atoms with Crippen molar-refractivity contribution in [2.45, 2.75) is 9.79 Å². The topological polar surface area (TPSA) is 97.3 Å². The highest BCUT2D eigenvalue weighted by molar-refractivity contribution is 7.98. The first-order valence-corrected chi connectivity index (χ1v) is 11.5. The molecule has 4 rings (SSSR count). The van der Waals surface area contributed by atoms with Gasteiger partial charge in [-0.25, -0.2) is 0 Å². The molecule has 29 heavy (non-hydrogen) atoms. The average molecular weight is 434 g/mol. The quantitative estimate of drug-likeness (QED) is 0.738. The summed E-state index contributed by atoms with van der Waals surface area (Å²) in [7, 11) is -2.10. The first-order valence-electron chi connectivity index (χ1n) is 8.82. The van der Waals surface area contributed by atoms with Crippen molar-refractivity contribution in [2.24, 2.45) is 4.40 Å². The van der Waals surface area contributed by atoms with Gasteiger partial charge in [-0.3, -0.25) is 4.79 Å². The van der Waals surface area contributed by atoms with E-state index in [2.05, 4.69) is 9.71 Å². The lowest BCUT2D eigenvalue weighted by molar-refractivity contribution is -0.116. The minimum Gasteiger partial charge on any atom is -0.486 e. The summed E-state index contributed by atoms with van der Waals surface area (Å²) in [5.74, 6) is 1.18. The first kappa shape index (κ1) is 19.6. The largest absolute Gasteiger partial charge is 0.486 e.